The van der Waals surface area contributed by atoms with Crippen LogP contribution in [-0.2, 0) is 0 Å². The van der Waals surface area contributed by atoms with E-state index in [-0.39, 0.29) is 0 Å². The van der Waals surface area contributed by atoms with Crippen LogP contribution in [0.4, 0.5) is 0 Å². The van der Waals surface area contributed by atoms with Gasteiger partial charge < -0.3 is 4.74 Å². The molecule has 0 saturated carbocycles. The smallest absolute Gasteiger partial charge is 0.214 e. The fourth-order valence-corrected chi connectivity index (χ4v) is 2.06. The summed E-state index contributed by atoms with van der Waals surface area (Å²) in [6.07, 6.45) is 3.43. The van der Waals surface area contributed by atoms with Crippen LogP contribution in [0.25, 0.3) is 22.0 Å². The minimum atomic E-state index is 0.597. The number of pyridine rings is 1. The Bertz CT molecular complexity index is 698. The van der Waals surface area contributed by atoms with Crippen molar-refractivity contribution < 1.29 is 4.74 Å². The van der Waals surface area contributed by atoms with Crippen molar-refractivity contribution >= 4 is 10.9 Å². The molecule has 94 valence electrons. The van der Waals surface area contributed by atoms with Crippen molar-refractivity contribution in [3.8, 4) is 17.0 Å². The molecule has 0 N–H and O–H groups in total. The fraction of sp³-hybridized carbons (Fsp3) is 0.133. The molecule has 0 bridgehead atoms. The number of aromatic nitrogens is 3. The Kier molecular flexibility index (Phi) is 3.06. The molecule has 0 saturated heterocycles. The van der Waals surface area contributed by atoms with Gasteiger partial charge in [0, 0.05) is 17.0 Å². The van der Waals surface area contributed by atoms with Crippen molar-refractivity contribution in [3.63, 3.8) is 0 Å². The van der Waals surface area contributed by atoms with Crippen molar-refractivity contribution in [1.29, 1.82) is 0 Å². The fourth-order valence-electron chi connectivity index (χ4n) is 2.06. The third-order valence-electron chi connectivity index (χ3n) is 2.88. The van der Waals surface area contributed by atoms with E-state index in [1.54, 1.807) is 12.4 Å². The number of fused-ring (bicyclic) bond motifs is 1. The summed E-state index contributed by atoms with van der Waals surface area (Å²) in [5, 5.41) is 8.83. The van der Waals surface area contributed by atoms with Crippen molar-refractivity contribution in [2.75, 3.05) is 6.61 Å². The SMILES string of the molecule is CCOc1cc(-c2ccnnc2)c2ccccc2n1. The summed E-state index contributed by atoms with van der Waals surface area (Å²) >= 11 is 0. The predicted molar refractivity (Wildman–Crippen MR) is 73.9 cm³/mol. The molecule has 4 heteroatoms. The Morgan fingerprint density at radius 2 is 2.00 bits per heavy atom. The van der Waals surface area contributed by atoms with E-state index in [9.17, 15) is 0 Å². The first-order valence-electron chi connectivity index (χ1n) is 6.18. The topological polar surface area (TPSA) is 47.9 Å². The quantitative estimate of drug-likeness (QED) is 0.717. The largest absolute Gasteiger partial charge is 0.478 e. The van der Waals surface area contributed by atoms with Crippen molar-refractivity contribution in [2.45, 2.75) is 6.92 Å². The number of rotatable bonds is 3. The van der Waals surface area contributed by atoms with Gasteiger partial charge in [0.25, 0.3) is 0 Å². The van der Waals surface area contributed by atoms with Gasteiger partial charge in [0.1, 0.15) is 0 Å². The first-order valence-corrected chi connectivity index (χ1v) is 6.18. The summed E-state index contributed by atoms with van der Waals surface area (Å²) in [6, 6.07) is 11.9. The van der Waals surface area contributed by atoms with E-state index in [2.05, 4.69) is 15.2 Å². The van der Waals surface area contributed by atoms with E-state index in [1.807, 2.05) is 43.3 Å². The summed E-state index contributed by atoms with van der Waals surface area (Å²) < 4.78 is 5.53. The lowest BCUT2D eigenvalue weighted by Gasteiger charge is -2.09. The van der Waals surface area contributed by atoms with E-state index < -0.39 is 0 Å². The first-order chi connectivity index (χ1) is 9.38. The highest BCUT2D eigenvalue weighted by molar-refractivity contribution is 5.94. The number of hydrogen-bond donors (Lipinski definition) is 0. The minimum absolute atomic E-state index is 0.597. The third kappa shape index (κ3) is 2.25. The van der Waals surface area contributed by atoms with Gasteiger partial charge in [0.2, 0.25) is 5.88 Å². The van der Waals surface area contributed by atoms with Crippen molar-refractivity contribution in [2.24, 2.45) is 0 Å². The highest BCUT2D eigenvalue weighted by Gasteiger charge is 2.08. The lowest BCUT2D eigenvalue weighted by atomic mass is 10.0. The lowest BCUT2D eigenvalue weighted by Crippen LogP contribution is -1.96. The summed E-state index contributed by atoms with van der Waals surface area (Å²) in [5.74, 6) is 0.632. The number of benzene rings is 1. The van der Waals surface area contributed by atoms with Crippen molar-refractivity contribution in [3.05, 3.63) is 48.8 Å². The van der Waals surface area contributed by atoms with Crippen LogP contribution in [0.15, 0.2) is 48.8 Å². The molecule has 0 spiro atoms. The van der Waals surface area contributed by atoms with Crippen LogP contribution in [0.1, 0.15) is 6.92 Å². The number of ether oxygens (including phenoxy) is 1. The standard InChI is InChI=1S/C15H13N3O/c1-2-19-15-9-13(11-7-8-16-17-10-11)12-5-3-4-6-14(12)18-15/h3-10H,2H2,1H3. The zero-order chi connectivity index (χ0) is 13.1. The second-order valence-corrected chi connectivity index (χ2v) is 4.09. The number of nitrogens with zero attached hydrogens (tertiary/aromatic N) is 3. The average molecular weight is 251 g/mol. The molecule has 0 atom stereocenters. The highest BCUT2D eigenvalue weighted by Crippen LogP contribution is 2.30. The monoisotopic (exact) mass is 251 g/mol. The molecule has 3 aromatic rings. The molecule has 0 aliphatic rings. The van der Waals surface area contributed by atoms with E-state index >= 15 is 0 Å². The van der Waals surface area contributed by atoms with Gasteiger partial charge in [-0.2, -0.15) is 10.2 Å². The summed E-state index contributed by atoms with van der Waals surface area (Å²) in [6.45, 7) is 2.55. The maximum atomic E-state index is 5.53. The van der Waals surface area contributed by atoms with Gasteiger partial charge in [-0.25, -0.2) is 4.98 Å². The molecule has 0 radical (unpaired) electrons. The number of para-hydroxylation sites is 1. The van der Waals surface area contributed by atoms with Gasteiger partial charge in [-0.3, -0.25) is 0 Å². The Hall–Kier alpha value is -2.49. The molecule has 1 aromatic carbocycles. The molecular weight excluding hydrogens is 238 g/mol. The van der Waals surface area contributed by atoms with E-state index in [0.717, 1.165) is 22.0 Å². The molecule has 0 unspecified atom stereocenters. The predicted octanol–water partition coefficient (Wildman–Crippen LogP) is 3.09. The number of hydrogen-bond acceptors (Lipinski definition) is 4. The van der Waals surface area contributed by atoms with Crippen LogP contribution >= 0.6 is 0 Å². The van der Waals surface area contributed by atoms with Crippen LogP contribution in [-0.4, -0.2) is 21.8 Å². The maximum Gasteiger partial charge on any atom is 0.214 e. The summed E-state index contributed by atoms with van der Waals surface area (Å²) in [5.41, 5.74) is 2.98. The Morgan fingerprint density at radius 1 is 1.11 bits per heavy atom. The van der Waals surface area contributed by atoms with Crippen LogP contribution in [0.3, 0.4) is 0 Å². The molecule has 0 aliphatic carbocycles. The second-order valence-electron chi connectivity index (χ2n) is 4.09. The van der Waals surface area contributed by atoms with Gasteiger partial charge in [-0.15, -0.1) is 0 Å². The molecule has 2 aromatic heterocycles. The van der Waals surface area contributed by atoms with Crippen LogP contribution in [0.5, 0.6) is 5.88 Å². The first kappa shape index (κ1) is 11.6. The van der Waals surface area contributed by atoms with Gasteiger partial charge >= 0.3 is 0 Å². The Labute approximate surface area is 111 Å². The second kappa shape index (κ2) is 5.02. The zero-order valence-electron chi connectivity index (χ0n) is 10.6. The molecule has 4 nitrogen and oxygen atoms in total. The third-order valence-corrected chi connectivity index (χ3v) is 2.88. The van der Waals surface area contributed by atoms with Crippen LogP contribution in [0.2, 0.25) is 0 Å². The molecule has 19 heavy (non-hydrogen) atoms. The molecule has 0 fully saturated rings. The average Bonchev–Trinajstić information content (AvgIpc) is 2.48. The Balaban J connectivity index is 2.26. The molecule has 0 amide bonds. The van der Waals surface area contributed by atoms with Crippen LogP contribution in [0, 0.1) is 0 Å². The molecule has 0 aliphatic heterocycles. The normalized spacial score (nSPS) is 10.6. The molecule has 2 heterocycles. The molecular formula is C15H13N3O. The van der Waals surface area contributed by atoms with E-state index in [1.165, 1.54) is 0 Å². The zero-order valence-corrected chi connectivity index (χ0v) is 10.6. The highest BCUT2D eigenvalue weighted by atomic mass is 16.5. The van der Waals surface area contributed by atoms with Gasteiger partial charge in [0.05, 0.1) is 24.5 Å². The Morgan fingerprint density at radius 3 is 2.79 bits per heavy atom. The maximum absolute atomic E-state index is 5.53. The van der Waals surface area contributed by atoms with Gasteiger partial charge in [-0.1, -0.05) is 18.2 Å². The van der Waals surface area contributed by atoms with Gasteiger partial charge in [-0.05, 0) is 24.6 Å². The van der Waals surface area contributed by atoms with E-state index in [4.69, 9.17) is 4.74 Å². The lowest BCUT2D eigenvalue weighted by molar-refractivity contribution is 0.328. The summed E-state index contributed by atoms with van der Waals surface area (Å²) in [7, 11) is 0. The van der Waals surface area contributed by atoms with Crippen LogP contribution < -0.4 is 4.74 Å². The minimum Gasteiger partial charge on any atom is -0.478 e. The molecule has 3 rings (SSSR count). The summed E-state index contributed by atoms with van der Waals surface area (Å²) in [4.78, 5) is 4.49. The van der Waals surface area contributed by atoms with E-state index in [0.29, 0.717) is 12.5 Å². The van der Waals surface area contributed by atoms with Crippen molar-refractivity contribution in [1.82, 2.24) is 15.2 Å². The van der Waals surface area contributed by atoms with Gasteiger partial charge in [0.15, 0.2) is 0 Å².